The lowest BCUT2D eigenvalue weighted by atomic mass is 10.1. The van der Waals surface area contributed by atoms with Crippen molar-refractivity contribution < 1.29 is 18.0 Å². The summed E-state index contributed by atoms with van der Waals surface area (Å²) in [5.74, 6) is -0.558. The van der Waals surface area contributed by atoms with Crippen LogP contribution in [0.15, 0.2) is 29.4 Å². The summed E-state index contributed by atoms with van der Waals surface area (Å²) in [4.78, 5) is 27.1. The molecule has 4 rings (SSSR count). The molecule has 1 atom stereocenters. The van der Waals surface area contributed by atoms with Crippen LogP contribution in [0.5, 0.6) is 0 Å². The van der Waals surface area contributed by atoms with Gasteiger partial charge in [-0.05, 0) is 38.8 Å². The molecule has 2 aromatic rings. The number of carbonyl (C=O) groups is 2. The molecule has 0 radical (unpaired) electrons. The topological polar surface area (TPSA) is 105 Å². The highest BCUT2D eigenvalue weighted by molar-refractivity contribution is 7.91. The van der Waals surface area contributed by atoms with Gasteiger partial charge in [-0.15, -0.1) is 0 Å². The number of nitrogens with zero attached hydrogens (tertiary/aromatic N) is 5. The van der Waals surface area contributed by atoms with Gasteiger partial charge in [0, 0.05) is 37.7 Å². The molecule has 1 unspecified atom stereocenters. The number of aromatic nitrogens is 2. The zero-order chi connectivity index (χ0) is 23.9. The number of hydrogen-bond acceptors (Lipinski definition) is 6. The molecule has 0 aliphatic carbocycles. The molecule has 1 fully saturated rings. The molecular formula is C23H29N5O4S. The molecule has 0 spiro atoms. The molecule has 0 saturated carbocycles. The zero-order valence-electron chi connectivity index (χ0n) is 19.4. The number of sulfone groups is 1. The van der Waals surface area contributed by atoms with E-state index in [1.807, 2.05) is 49.7 Å². The van der Waals surface area contributed by atoms with Crippen LogP contribution in [0, 0.1) is 20.8 Å². The van der Waals surface area contributed by atoms with Crippen LogP contribution in [0.2, 0.25) is 0 Å². The quantitative estimate of drug-likeness (QED) is 0.663. The first kappa shape index (κ1) is 23.2. The van der Waals surface area contributed by atoms with E-state index in [0.717, 1.165) is 28.2 Å². The van der Waals surface area contributed by atoms with Gasteiger partial charge in [0.2, 0.25) is 5.91 Å². The summed E-state index contributed by atoms with van der Waals surface area (Å²) in [6, 6.07) is 7.51. The van der Waals surface area contributed by atoms with Crippen molar-refractivity contribution in [1.29, 1.82) is 0 Å². The number of aryl methyl sites for hydroxylation is 2. The van der Waals surface area contributed by atoms with Crippen LogP contribution in [0.4, 0.5) is 0 Å². The Balaban J connectivity index is 1.54. The number of para-hydroxylation sites is 1. The number of hydrogen-bond donors (Lipinski definition) is 0. The van der Waals surface area contributed by atoms with Crippen LogP contribution < -0.4 is 0 Å². The second kappa shape index (κ2) is 8.74. The molecular weight excluding hydrogens is 442 g/mol. The predicted molar refractivity (Wildman–Crippen MR) is 125 cm³/mol. The van der Waals surface area contributed by atoms with Gasteiger partial charge in [0.15, 0.2) is 9.84 Å². The summed E-state index contributed by atoms with van der Waals surface area (Å²) in [7, 11) is -1.46. The molecule has 176 valence electrons. The average Bonchev–Trinajstić information content (AvgIpc) is 3.27. The van der Waals surface area contributed by atoms with E-state index in [9.17, 15) is 18.0 Å². The second-order valence-electron chi connectivity index (χ2n) is 8.85. The number of hydrazone groups is 1. The molecule has 0 bridgehead atoms. The van der Waals surface area contributed by atoms with E-state index >= 15 is 0 Å². The van der Waals surface area contributed by atoms with Crippen molar-refractivity contribution in [3.8, 4) is 5.69 Å². The maximum atomic E-state index is 13.2. The average molecular weight is 472 g/mol. The lowest BCUT2D eigenvalue weighted by Gasteiger charge is -2.29. The highest BCUT2D eigenvalue weighted by Crippen LogP contribution is 2.24. The fourth-order valence-electron chi connectivity index (χ4n) is 4.45. The third-order valence-corrected chi connectivity index (χ3v) is 8.14. The summed E-state index contributed by atoms with van der Waals surface area (Å²) in [5.41, 5.74) is 5.14. The Morgan fingerprint density at radius 1 is 1.18 bits per heavy atom. The van der Waals surface area contributed by atoms with Gasteiger partial charge in [-0.2, -0.15) is 10.2 Å². The van der Waals surface area contributed by atoms with Gasteiger partial charge in [-0.3, -0.25) is 9.59 Å². The van der Waals surface area contributed by atoms with Gasteiger partial charge < -0.3 is 4.90 Å². The molecule has 33 heavy (non-hydrogen) atoms. The molecule has 1 saturated heterocycles. The van der Waals surface area contributed by atoms with Gasteiger partial charge in [0.05, 0.1) is 28.9 Å². The van der Waals surface area contributed by atoms with E-state index in [0.29, 0.717) is 13.0 Å². The lowest BCUT2D eigenvalue weighted by Crippen LogP contribution is -2.44. The molecule has 2 aliphatic heterocycles. The highest BCUT2D eigenvalue weighted by atomic mass is 32.2. The highest BCUT2D eigenvalue weighted by Gasteiger charge is 2.37. The Morgan fingerprint density at radius 3 is 2.58 bits per heavy atom. The van der Waals surface area contributed by atoms with Gasteiger partial charge in [0.1, 0.15) is 5.71 Å². The van der Waals surface area contributed by atoms with E-state index in [4.69, 9.17) is 5.10 Å². The van der Waals surface area contributed by atoms with E-state index in [2.05, 4.69) is 5.10 Å². The van der Waals surface area contributed by atoms with Crippen LogP contribution in [0.3, 0.4) is 0 Å². The summed E-state index contributed by atoms with van der Waals surface area (Å²) < 4.78 is 25.6. The minimum Gasteiger partial charge on any atom is -0.336 e. The van der Waals surface area contributed by atoms with Crippen molar-refractivity contribution in [3.05, 3.63) is 46.8 Å². The minimum absolute atomic E-state index is 0.0452. The second-order valence-corrected chi connectivity index (χ2v) is 11.1. The summed E-state index contributed by atoms with van der Waals surface area (Å²) >= 11 is 0. The monoisotopic (exact) mass is 471 g/mol. The fourth-order valence-corrected chi connectivity index (χ4v) is 6.14. The van der Waals surface area contributed by atoms with Crippen LogP contribution in [-0.4, -0.2) is 70.2 Å². The van der Waals surface area contributed by atoms with Gasteiger partial charge in [-0.25, -0.2) is 18.1 Å². The van der Waals surface area contributed by atoms with Crippen LogP contribution >= 0.6 is 0 Å². The fraction of sp³-hybridized carbons (Fsp3) is 0.478. The van der Waals surface area contributed by atoms with Crippen LogP contribution in [0.1, 0.15) is 41.8 Å². The lowest BCUT2D eigenvalue weighted by molar-refractivity contribution is -0.134. The van der Waals surface area contributed by atoms with E-state index < -0.39 is 15.9 Å². The number of benzene rings is 1. The maximum absolute atomic E-state index is 13.2. The molecule has 1 aromatic heterocycles. The van der Waals surface area contributed by atoms with Crippen molar-refractivity contribution in [1.82, 2.24) is 19.7 Å². The summed E-state index contributed by atoms with van der Waals surface area (Å²) in [6.45, 7) is 6.30. The van der Waals surface area contributed by atoms with Crippen molar-refractivity contribution in [2.45, 2.75) is 52.6 Å². The number of rotatable bonds is 5. The molecule has 10 heteroatoms. The summed E-state index contributed by atoms with van der Waals surface area (Å²) in [5, 5.41) is 10.2. The van der Waals surface area contributed by atoms with Crippen molar-refractivity contribution >= 4 is 27.4 Å². The largest absolute Gasteiger partial charge is 0.336 e. The van der Waals surface area contributed by atoms with Gasteiger partial charge in [-0.1, -0.05) is 18.2 Å². The third kappa shape index (κ3) is 4.57. The first-order valence-corrected chi connectivity index (χ1v) is 12.9. The Kier molecular flexibility index (Phi) is 6.13. The Morgan fingerprint density at radius 2 is 1.91 bits per heavy atom. The van der Waals surface area contributed by atoms with Crippen molar-refractivity contribution in [2.24, 2.45) is 5.10 Å². The standard InChI is InChI=1S/C23H29N5O4S/c1-15-7-5-6-8-21(15)27-17(3)19(16(2)24-27)13-26(4)23(30)20-9-10-22(29)28(25-20)18-11-12-33(31,32)14-18/h5-8,18H,9-14H2,1-4H3. The molecule has 0 N–H and O–H groups in total. The maximum Gasteiger partial charge on any atom is 0.270 e. The van der Waals surface area contributed by atoms with E-state index in [1.165, 1.54) is 5.01 Å². The molecule has 3 heterocycles. The number of carbonyl (C=O) groups excluding carboxylic acids is 2. The van der Waals surface area contributed by atoms with Gasteiger partial charge in [0.25, 0.3) is 5.91 Å². The van der Waals surface area contributed by atoms with Gasteiger partial charge >= 0.3 is 0 Å². The van der Waals surface area contributed by atoms with E-state index in [1.54, 1.807) is 11.9 Å². The molecule has 9 nitrogen and oxygen atoms in total. The Labute approximate surface area is 194 Å². The smallest absolute Gasteiger partial charge is 0.270 e. The van der Waals surface area contributed by atoms with Crippen LogP contribution in [0.25, 0.3) is 5.69 Å². The first-order valence-electron chi connectivity index (χ1n) is 11.0. The van der Waals surface area contributed by atoms with Crippen molar-refractivity contribution in [2.75, 3.05) is 18.6 Å². The Bertz CT molecular complexity index is 1250. The minimum atomic E-state index is -3.16. The SMILES string of the molecule is Cc1ccccc1-n1nc(C)c(CN(C)C(=O)C2=NN(C3CCS(=O)(=O)C3)C(=O)CC2)c1C. The predicted octanol–water partition coefficient (Wildman–Crippen LogP) is 1.92. The first-order chi connectivity index (χ1) is 15.6. The number of amides is 2. The van der Waals surface area contributed by atoms with Crippen LogP contribution in [-0.2, 0) is 26.0 Å². The zero-order valence-corrected chi connectivity index (χ0v) is 20.2. The van der Waals surface area contributed by atoms with Crippen molar-refractivity contribution in [3.63, 3.8) is 0 Å². The third-order valence-electron chi connectivity index (χ3n) is 6.39. The normalized spacial score (nSPS) is 20.1. The molecule has 2 aliphatic rings. The molecule has 2 amide bonds. The summed E-state index contributed by atoms with van der Waals surface area (Å²) in [6.07, 6.45) is 0.752. The molecule has 1 aromatic carbocycles. The Hall–Kier alpha value is -3.01. The van der Waals surface area contributed by atoms with E-state index in [-0.39, 0.29) is 41.9 Å².